The van der Waals surface area contributed by atoms with Crippen LogP contribution in [0.4, 0.5) is 4.79 Å². The van der Waals surface area contributed by atoms with Gasteiger partial charge in [-0.25, -0.2) is 4.79 Å². The van der Waals surface area contributed by atoms with Crippen molar-refractivity contribution in [2.24, 2.45) is 11.3 Å². The lowest BCUT2D eigenvalue weighted by Crippen LogP contribution is -2.37. The van der Waals surface area contributed by atoms with E-state index in [1.807, 2.05) is 38.1 Å². The van der Waals surface area contributed by atoms with Crippen LogP contribution >= 0.6 is 0 Å². The Morgan fingerprint density at radius 2 is 1.71 bits per heavy atom. The van der Waals surface area contributed by atoms with E-state index in [4.69, 9.17) is 9.47 Å². The molecule has 2 heterocycles. The number of rotatable bonds is 3. The number of hydrogen-bond donors (Lipinski definition) is 1. The first-order valence-corrected chi connectivity index (χ1v) is 10.8. The highest BCUT2D eigenvalue weighted by Gasteiger charge is 2.58. The third kappa shape index (κ3) is 3.30. The first-order chi connectivity index (χ1) is 14.8. The van der Waals surface area contributed by atoms with Gasteiger partial charge in [-0.05, 0) is 42.5 Å². The zero-order chi connectivity index (χ0) is 21.8. The molecule has 1 aliphatic carbocycles. The number of nitrogens with zero attached hydrogens (tertiary/aromatic N) is 1. The zero-order valence-corrected chi connectivity index (χ0v) is 17.8. The molecule has 1 N–H and O–H groups in total. The second kappa shape index (κ2) is 7.09. The van der Waals surface area contributed by atoms with E-state index in [1.165, 1.54) is 11.1 Å². The van der Waals surface area contributed by atoms with Crippen LogP contribution in [0.2, 0.25) is 0 Å². The lowest BCUT2D eigenvalue weighted by atomic mass is 9.74. The molecule has 2 aromatic rings. The molecule has 5 rings (SSSR count). The summed E-state index contributed by atoms with van der Waals surface area (Å²) in [4.78, 5) is 26.5. The standard InChI is InChI=1S/C25H27NO5/c1-24(2)13-25(15-31-24)14-26(11-21(25)22(27)28)23(29)30-12-20-18-9-5-3-7-16(18)17-8-4-6-10-19(17)20/h3-10,20-21H,11-15H2,1-2H3,(H,27,28). The molecule has 2 aliphatic heterocycles. The number of hydrogen-bond acceptors (Lipinski definition) is 4. The Hall–Kier alpha value is -2.86. The molecule has 3 aliphatic rings. The van der Waals surface area contributed by atoms with E-state index in [9.17, 15) is 14.7 Å². The van der Waals surface area contributed by atoms with Crippen LogP contribution in [0.25, 0.3) is 11.1 Å². The quantitative estimate of drug-likeness (QED) is 0.806. The van der Waals surface area contributed by atoms with Gasteiger partial charge in [-0.2, -0.15) is 0 Å². The lowest BCUT2D eigenvalue weighted by Gasteiger charge is -2.26. The van der Waals surface area contributed by atoms with E-state index in [-0.39, 0.29) is 24.7 Å². The minimum atomic E-state index is -0.879. The van der Waals surface area contributed by atoms with Gasteiger partial charge in [0.1, 0.15) is 6.61 Å². The molecule has 2 unspecified atom stereocenters. The average Bonchev–Trinajstić information content (AvgIpc) is 3.38. The third-order valence-electron chi connectivity index (χ3n) is 7.07. The summed E-state index contributed by atoms with van der Waals surface area (Å²) in [5.41, 5.74) is 3.73. The van der Waals surface area contributed by atoms with Crippen molar-refractivity contribution in [3.8, 4) is 11.1 Å². The van der Waals surface area contributed by atoms with Gasteiger partial charge in [0.25, 0.3) is 0 Å². The van der Waals surface area contributed by atoms with Gasteiger partial charge < -0.3 is 19.5 Å². The number of carboxylic acids is 1. The largest absolute Gasteiger partial charge is 0.481 e. The molecule has 2 saturated heterocycles. The van der Waals surface area contributed by atoms with Crippen LogP contribution in [0.3, 0.4) is 0 Å². The van der Waals surface area contributed by atoms with E-state index in [0.29, 0.717) is 19.6 Å². The number of carboxylic acid groups (broad SMARTS) is 1. The monoisotopic (exact) mass is 421 g/mol. The van der Waals surface area contributed by atoms with Crippen molar-refractivity contribution in [2.75, 3.05) is 26.3 Å². The number of carbonyl (C=O) groups is 2. The number of aliphatic carboxylic acids is 1. The average molecular weight is 421 g/mol. The fourth-order valence-corrected chi connectivity index (χ4v) is 5.75. The van der Waals surface area contributed by atoms with Crippen LogP contribution in [-0.4, -0.2) is 54.0 Å². The summed E-state index contributed by atoms with van der Waals surface area (Å²) in [5.74, 6) is -1.54. The van der Waals surface area contributed by atoms with E-state index >= 15 is 0 Å². The molecule has 0 bridgehead atoms. The predicted octanol–water partition coefficient (Wildman–Crippen LogP) is 4.14. The molecule has 162 valence electrons. The zero-order valence-electron chi connectivity index (χ0n) is 17.8. The Morgan fingerprint density at radius 3 is 2.26 bits per heavy atom. The maximum absolute atomic E-state index is 13.0. The summed E-state index contributed by atoms with van der Waals surface area (Å²) >= 11 is 0. The van der Waals surface area contributed by atoms with Crippen molar-refractivity contribution >= 4 is 12.1 Å². The third-order valence-corrected chi connectivity index (χ3v) is 7.07. The van der Waals surface area contributed by atoms with E-state index < -0.39 is 23.4 Å². The van der Waals surface area contributed by atoms with Gasteiger partial charge in [-0.15, -0.1) is 0 Å². The molecule has 2 atom stereocenters. The molecular formula is C25H27NO5. The smallest absolute Gasteiger partial charge is 0.409 e. The highest BCUT2D eigenvalue weighted by Crippen LogP contribution is 2.49. The summed E-state index contributed by atoms with van der Waals surface area (Å²) in [6.07, 6.45) is 0.166. The fraction of sp³-hybridized carbons (Fsp3) is 0.440. The number of benzene rings is 2. The Morgan fingerprint density at radius 1 is 1.10 bits per heavy atom. The minimum absolute atomic E-state index is 0.0167. The number of ether oxygens (including phenoxy) is 2. The maximum Gasteiger partial charge on any atom is 0.409 e. The number of amides is 1. The SMILES string of the molecule is CC1(C)CC2(CO1)CN(C(=O)OCC1c3ccccc3-c3ccccc31)CC2C(=O)O. The summed E-state index contributed by atoms with van der Waals surface area (Å²) in [5, 5.41) is 9.80. The van der Waals surface area contributed by atoms with Gasteiger partial charge in [-0.3, -0.25) is 4.79 Å². The fourth-order valence-electron chi connectivity index (χ4n) is 5.75. The molecule has 2 fully saturated rings. The van der Waals surface area contributed by atoms with Crippen molar-refractivity contribution < 1.29 is 24.2 Å². The van der Waals surface area contributed by atoms with Crippen LogP contribution < -0.4 is 0 Å². The minimum Gasteiger partial charge on any atom is -0.481 e. The van der Waals surface area contributed by atoms with E-state index in [1.54, 1.807) is 4.90 Å². The maximum atomic E-state index is 13.0. The second-order valence-electron chi connectivity index (χ2n) is 9.66. The predicted molar refractivity (Wildman–Crippen MR) is 115 cm³/mol. The van der Waals surface area contributed by atoms with Crippen molar-refractivity contribution in [1.82, 2.24) is 4.90 Å². The Labute approximate surface area is 181 Å². The van der Waals surface area contributed by atoms with Gasteiger partial charge >= 0.3 is 12.1 Å². The normalized spacial score (nSPS) is 26.1. The van der Waals surface area contributed by atoms with Crippen molar-refractivity contribution in [1.29, 1.82) is 0 Å². The molecule has 2 aromatic carbocycles. The van der Waals surface area contributed by atoms with Gasteiger partial charge in [0.2, 0.25) is 0 Å². The molecule has 0 saturated carbocycles. The van der Waals surface area contributed by atoms with Crippen molar-refractivity contribution in [3.05, 3.63) is 59.7 Å². The highest BCUT2D eigenvalue weighted by molar-refractivity contribution is 5.79. The summed E-state index contributed by atoms with van der Waals surface area (Å²) in [6.45, 7) is 5.03. The molecular weight excluding hydrogens is 394 g/mol. The second-order valence-corrected chi connectivity index (χ2v) is 9.66. The molecule has 6 heteroatoms. The van der Waals surface area contributed by atoms with Gasteiger partial charge in [0.15, 0.2) is 0 Å². The van der Waals surface area contributed by atoms with Gasteiger partial charge in [0.05, 0.1) is 18.1 Å². The lowest BCUT2D eigenvalue weighted by molar-refractivity contribution is -0.144. The highest BCUT2D eigenvalue weighted by atomic mass is 16.6. The van der Waals surface area contributed by atoms with Gasteiger partial charge in [0, 0.05) is 24.4 Å². The molecule has 0 radical (unpaired) electrons. The first-order valence-electron chi connectivity index (χ1n) is 10.8. The van der Waals surface area contributed by atoms with Crippen LogP contribution in [0.1, 0.15) is 37.3 Å². The summed E-state index contributed by atoms with van der Waals surface area (Å²) in [6, 6.07) is 16.4. The van der Waals surface area contributed by atoms with Crippen molar-refractivity contribution in [3.63, 3.8) is 0 Å². The van der Waals surface area contributed by atoms with Crippen LogP contribution in [-0.2, 0) is 14.3 Å². The molecule has 0 aromatic heterocycles. The molecule has 1 amide bonds. The Kier molecular flexibility index (Phi) is 4.59. The number of fused-ring (bicyclic) bond motifs is 3. The first kappa shape index (κ1) is 20.1. The van der Waals surface area contributed by atoms with Crippen molar-refractivity contribution in [2.45, 2.75) is 31.8 Å². The van der Waals surface area contributed by atoms with E-state index in [2.05, 4.69) is 24.3 Å². The van der Waals surface area contributed by atoms with Crippen LogP contribution in [0, 0.1) is 11.3 Å². The Bertz CT molecular complexity index is 1000. The number of carbonyl (C=O) groups excluding carboxylic acids is 1. The van der Waals surface area contributed by atoms with Crippen LogP contribution in [0.15, 0.2) is 48.5 Å². The molecule has 1 spiro atoms. The summed E-state index contributed by atoms with van der Waals surface area (Å²) in [7, 11) is 0. The van der Waals surface area contributed by atoms with Crippen LogP contribution in [0.5, 0.6) is 0 Å². The topological polar surface area (TPSA) is 76.1 Å². The molecule has 31 heavy (non-hydrogen) atoms. The van der Waals surface area contributed by atoms with E-state index in [0.717, 1.165) is 11.1 Å². The van der Waals surface area contributed by atoms with Gasteiger partial charge in [-0.1, -0.05) is 48.5 Å². The number of likely N-dealkylation sites (tertiary alicyclic amines) is 1. The molecule has 6 nitrogen and oxygen atoms in total. The Balaban J connectivity index is 1.32. The summed E-state index contributed by atoms with van der Waals surface area (Å²) < 4.78 is 11.6.